The van der Waals surface area contributed by atoms with E-state index in [-0.39, 0.29) is 5.91 Å². The molecule has 25 heavy (non-hydrogen) atoms. The van der Waals surface area contributed by atoms with E-state index >= 15 is 0 Å². The van der Waals surface area contributed by atoms with Gasteiger partial charge in [-0.1, -0.05) is 41.9 Å². The summed E-state index contributed by atoms with van der Waals surface area (Å²) in [5.74, 6) is 0.849. The van der Waals surface area contributed by atoms with Gasteiger partial charge in [-0.2, -0.15) is 0 Å². The number of nitrogens with zero attached hydrogens (tertiary/aromatic N) is 2. The maximum Gasteiger partial charge on any atom is 0.247 e. The Kier molecular flexibility index (Phi) is 5.80. The number of aryl methyl sites for hydroxylation is 1. The van der Waals surface area contributed by atoms with Crippen molar-refractivity contribution in [1.29, 1.82) is 0 Å². The number of halogens is 1. The summed E-state index contributed by atoms with van der Waals surface area (Å²) in [6, 6.07) is 17.2. The van der Waals surface area contributed by atoms with Gasteiger partial charge in [0.1, 0.15) is 0 Å². The molecule has 0 fully saturated rings. The summed E-state index contributed by atoms with van der Waals surface area (Å²) in [6.07, 6.45) is 1.54. The summed E-state index contributed by atoms with van der Waals surface area (Å²) in [5, 5.41) is 11.5. The van der Waals surface area contributed by atoms with E-state index < -0.39 is 0 Å². The first kappa shape index (κ1) is 17.2. The second-order valence-corrected chi connectivity index (χ2v) is 6.03. The summed E-state index contributed by atoms with van der Waals surface area (Å²) in [6.45, 7) is 0.614. The molecule has 1 heterocycles. The van der Waals surface area contributed by atoms with Crippen molar-refractivity contribution in [3.63, 3.8) is 0 Å². The maximum absolute atomic E-state index is 11.9. The van der Waals surface area contributed by atoms with Crippen LogP contribution in [0.5, 0.6) is 0 Å². The zero-order chi connectivity index (χ0) is 17.5. The van der Waals surface area contributed by atoms with Crippen LogP contribution in [0, 0.1) is 0 Å². The molecular weight excluding hydrogens is 338 g/mol. The third-order valence-electron chi connectivity index (χ3n) is 3.70. The van der Waals surface area contributed by atoms with E-state index in [4.69, 9.17) is 16.0 Å². The lowest BCUT2D eigenvalue weighted by molar-refractivity contribution is -0.121. The smallest absolute Gasteiger partial charge is 0.247 e. The largest absolute Gasteiger partial charge is 0.421 e. The fraction of sp³-hybridized carbons (Fsp3) is 0.211. The van der Waals surface area contributed by atoms with Crippen LogP contribution < -0.4 is 5.32 Å². The highest BCUT2D eigenvalue weighted by molar-refractivity contribution is 6.30. The normalized spacial score (nSPS) is 10.6. The van der Waals surface area contributed by atoms with Gasteiger partial charge in [-0.3, -0.25) is 4.79 Å². The Hall–Kier alpha value is -2.66. The number of aromatic nitrogens is 2. The second-order valence-electron chi connectivity index (χ2n) is 5.59. The van der Waals surface area contributed by atoms with Crippen molar-refractivity contribution in [2.24, 2.45) is 0 Å². The van der Waals surface area contributed by atoms with Gasteiger partial charge in [0, 0.05) is 30.0 Å². The van der Waals surface area contributed by atoms with Crippen LogP contribution in [0.4, 0.5) is 0 Å². The fourth-order valence-corrected chi connectivity index (χ4v) is 2.49. The molecule has 6 heteroatoms. The lowest BCUT2D eigenvalue weighted by Gasteiger charge is -2.04. The molecule has 0 spiro atoms. The first-order valence-corrected chi connectivity index (χ1v) is 8.47. The molecule has 5 nitrogen and oxygen atoms in total. The van der Waals surface area contributed by atoms with Gasteiger partial charge in [-0.15, -0.1) is 10.2 Å². The van der Waals surface area contributed by atoms with E-state index in [1.165, 1.54) is 5.56 Å². The number of hydrogen-bond donors (Lipinski definition) is 1. The van der Waals surface area contributed by atoms with E-state index in [0.717, 1.165) is 12.0 Å². The molecule has 3 rings (SSSR count). The molecule has 0 aliphatic carbocycles. The molecular formula is C19H18ClN3O2. The third kappa shape index (κ3) is 5.16. The van der Waals surface area contributed by atoms with Crippen LogP contribution in [0.1, 0.15) is 17.9 Å². The standard InChI is InChI=1S/C19H18ClN3O2/c20-16-8-6-15(7-9-16)19-23-22-18(25-19)11-10-17(24)21-13-12-14-4-2-1-3-5-14/h1-9H,10-13H2,(H,21,24). The lowest BCUT2D eigenvalue weighted by atomic mass is 10.1. The number of amides is 1. The summed E-state index contributed by atoms with van der Waals surface area (Å²) < 4.78 is 5.59. The summed E-state index contributed by atoms with van der Waals surface area (Å²) in [4.78, 5) is 11.9. The number of carbonyl (C=O) groups is 1. The minimum Gasteiger partial charge on any atom is -0.421 e. The van der Waals surface area contributed by atoms with Gasteiger partial charge in [0.25, 0.3) is 0 Å². The third-order valence-corrected chi connectivity index (χ3v) is 3.95. The Bertz CT molecular complexity index is 816. The van der Waals surface area contributed by atoms with E-state index in [2.05, 4.69) is 15.5 Å². The molecule has 0 unspecified atom stereocenters. The molecule has 128 valence electrons. The number of rotatable bonds is 7. The summed E-state index contributed by atoms with van der Waals surface area (Å²) in [7, 11) is 0. The molecule has 3 aromatic rings. The SMILES string of the molecule is O=C(CCc1nnc(-c2ccc(Cl)cc2)o1)NCCc1ccccc1. The highest BCUT2D eigenvalue weighted by Gasteiger charge is 2.10. The van der Waals surface area contributed by atoms with E-state index in [0.29, 0.717) is 36.2 Å². The molecule has 1 amide bonds. The fourth-order valence-electron chi connectivity index (χ4n) is 2.36. The average molecular weight is 356 g/mol. The maximum atomic E-state index is 11.9. The van der Waals surface area contributed by atoms with Gasteiger partial charge in [-0.25, -0.2) is 0 Å². The molecule has 0 aliphatic rings. The molecule has 1 aromatic heterocycles. The molecule has 0 saturated heterocycles. The van der Waals surface area contributed by atoms with Crippen LogP contribution in [0.3, 0.4) is 0 Å². The Morgan fingerprint density at radius 2 is 1.76 bits per heavy atom. The van der Waals surface area contributed by atoms with Gasteiger partial charge >= 0.3 is 0 Å². The van der Waals surface area contributed by atoms with Crippen molar-refractivity contribution >= 4 is 17.5 Å². The summed E-state index contributed by atoms with van der Waals surface area (Å²) in [5.41, 5.74) is 2.00. The van der Waals surface area contributed by atoms with Crippen molar-refractivity contribution in [2.45, 2.75) is 19.3 Å². The lowest BCUT2D eigenvalue weighted by Crippen LogP contribution is -2.25. The number of carbonyl (C=O) groups excluding carboxylic acids is 1. The Morgan fingerprint density at radius 3 is 2.52 bits per heavy atom. The molecule has 0 saturated carbocycles. The van der Waals surface area contributed by atoms with Gasteiger partial charge in [-0.05, 0) is 36.2 Å². The number of benzene rings is 2. The minimum absolute atomic E-state index is 0.0258. The Labute approximate surface area is 151 Å². The predicted octanol–water partition coefficient (Wildman–Crippen LogP) is 3.68. The Morgan fingerprint density at radius 1 is 1.00 bits per heavy atom. The monoisotopic (exact) mass is 355 g/mol. The van der Waals surface area contributed by atoms with Crippen LogP contribution in [0.2, 0.25) is 5.02 Å². The van der Waals surface area contributed by atoms with Gasteiger partial charge in [0.05, 0.1) is 0 Å². The molecule has 0 aliphatic heterocycles. The van der Waals surface area contributed by atoms with E-state index in [1.54, 1.807) is 12.1 Å². The first-order valence-electron chi connectivity index (χ1n) is 8.09. The number of nitrogens with one attached hydrogen (secondary N) is 1. The predicted molar refractivity (Wildman–Crippen MR) is 96.2 cm³/mol. The molecule has 2 aromatic carbocycles. The van der Waals surface area contributed by atoms with Crippen LogP contribution in [-0.4, -0.2) is 22.6 Å². The average Bonchev–Trinajstić information content (AvgIpc) is 3.10. The van der Waals surface area contributed by atoms with Crippen LogP contribution in [0.15, 0.2) is 59.0 Å². The zero-order valence-corrected chi connectivity index (χ0v) is 14.4. The van der Waals surface area contributed by atoms with Crippen molar-refractivity contribution in [3.05, 3.63) is 71.1 Å². The first-order chi connectivity index (χ1) is 12.2. The molecule has 0 atom stereocenters. The minimum atomic E-state index is -0.0258. The van der Waals surface area contributed by atoms with E-state index in [1.807, 2.05) is 42.5 Å². The van der Waals surface area contributed by atoms with Crippen molar-refractivity contribution < 1.29 is 9.21 Å². The zero-order valence-electron chi connectivity index (χ0n) is 13.6. The van der Waals surface area contributed by atoms with Gasteiger partial charge < -0.3 is 9.73 Å². The molecule has 0 radical (unpaired) electrons. The second kappa shape index (κ2) is 8.44. The van der Waals surface area contributed by atoms with Crippen molar-refractivity contribution in [1.82, 2.24) is 15.5 Å². The highest BCUT2D eigenvalue weighted by atomic mass is 35.5. The molecule has 0 bridgehead atoms. The highest BCUT2D eigenvalue weighted by Crippen LogP contribution is 2.20. The number of hydrogen-bond acceptors (Lipinski definition) is 4. The quantitative estimate of drug-likeness (QED) is 0.702. The summed E-state index contributed by atoms with van der Waals surface area (Å²) >= 11 is 5.86. The van der Waals surface area contributed by atoms with Crippen molar-refractivity contribution in [2.75, 3.05) is 6.54 Å². The molecule has 1 N–H and O–H groups in total. The van der Waals surface area contributed by atoms with Crippen LogP contribution in [0.25, 0.3) is 11.5 Å². The van der Waals surface area contributed by atoms with E-state index in [9.17, 15) is 4.79 Å². The van der Waals surface area contributed by atoms with Gasteiger partial charge in [0.15, 0.2) is 0 Å². The van der Waals surface area contributed by atoms with Crippen LogP contribution >= 0.6 is 11.6 Å². The van der Waals surface area contributed by atoms with Gasteiger partial charge in [0.2, 0.25) is 17.7 Å². The topological polar surface area (TPSA) is 68.0 Å². The van der Waals surface area contributed by atoms with Crippen molar-refractivity contribution in [3.8, 4) is 11.5 Å². The Balaban J connectivity index is 1.44. The van der Waals surface area contributed by atoms with Crippen LogP contribution in [-0.2, 0) is 17.6 Å².